The van der Waals surface area contributed by atoms with Crippen LogP contribution >= 0.6 is 11.6 Å². The monoisotopic (exact) mass is 330 g/mol. The van der Waals surface area contributed by atoms with E-state index in [-0.39, 0.29) is 11.2 Å². The Kier molecular flexibility index (Phi) is 3.98. The standard InChI is InChI=1S/C17H19ClN4O/c1-4-17(2)11-22(12-8-6-5-7-9-12)14-13(21(3)15(17)23)10-19-16(18)20-14/h5-10H,4,11H2,1-3H3. The predicted molar refractivity (Wildman–Crippen MR) is 92.3 cm³/mol. The van der Waals surface area contributed by atoms with Gasteiger partial charge in [-0.25, -0.2) is 4.98 Å². The summed E-state index contributed by atoms with van der Waals surface area (Å²) in [4.78, 5) is 25.1. The zero-order valence-electron chi connectivity index (χ0n) is 13.5. The molecule has 23 heavy (non-hydrogen) atoms. The number of carbonyl (C=O) groups is 1. The molecule has 1 amide bonds. The Balaban J connectivity index is 2.22. The largest absolute Gasteiger partial charge is 0.323 e. The molecule has 1 aliphatic heterocycles. The van der Waals surface area contributed by atoms with Gasteiger partial charge in [-0.2, -0.15) is 4.98 Å². The first-order chi connectivity index (χ1) is 11.0. The van der Waals surface area contributed by atoms with E-state index in [9.17, 15) is 4.79 Å². The number of hydrogen-bond acceptors (Lipinski definition) is 4. The quantitative estimate of drug-likeness (QED) is 0.788. The molecule has 0 saturated carbocycles. The van der Waals surface area contributed by atoms with E-state index in [2.05, 4.69) is 9.97 Å². The van der Waals surface area contributed by atoms with Crippen molar-refractivity contribution in [2.45, 2.75) is 20.3 Å². The van der Waals surface area contributed by atoms with Gasteiger partial charge in [0.05, 0.1) is 11.6 Å². The third-order valence-corrected chi connectivity index (χ3v) is 4.70. The Morgan fingerprint density at radius 2 is 2.00 bits per heavy atom. The van der Waals surface area contributed by atoms with E-state index in [1.165, 1.54) is 0 Å². The van der Waals surface area contributed by atoms with Crippen LogP contribution in [0.4, 0.5) is 17.2 Å². The number of para-hydroxylation sites is 1. The maximum absolute atomic E-state index is 12.9. The molecule has 1 unspecified atom stereocenters. The van der Waals surface area contributed by atoms with Gasteiger partial charge in [-0.1, -0.05) is 25.1 Å². The minimum atomic E-state index is -0.516. The molecule has 0 saturated heterocycles. The smallest absolute Gasteiger partial charge is 0.234 e. The van der Waals surface area contributed by atoms with Crippen LogP contribution in [-0.4, -0.2) is 29.5 Å². The van der Waals surface area contributed by atoms with Crippen LogP contribution in [-0.2, 0) is 4.79 Å². The van der Waals surface area contributed by atoms with E-state index in [1.807, 2.05) is 49.1 Å². The van der Waals surface area contributed by atoms with Gasteiger partial charge < -0.3 is 9.80 Å². The number of fused-ring (bicyclic) bond motifs is 1. The lowest BCUT2D eigenvalue weighted by Crippen LogP contribution is -2.43. The minimum Gasteiger partial charge on any atom is -0.323 e. The summed E-state index contributed by atoms with van der Waals surface area (Å²) in [6, 6.07) is 9.91. The van der Waals surface area contributed by atoms with E-state index in [0.717, 1.165) is 12.1 Å². The van der Waals surface area contributed by atoms with Crippen molar-refractivity contribution in [2.24, 2.45) is 5.41 Å². The molecule has 120 valence electrons. The molecule has 1 aliphatic rings. The lowest BCUT2D eigenvalue weighted by atomic mass is 9.85. The number of rotatable bonds is 2. The van der Waals surface area contributed by atoms with Gasteiger partial charge in [-0.15, -0.1) is 0 Å². The van der Waals surface area contributed by atoms with Crippen molar-refractivity contribution in [1.82, 2.24) is 9.97 Å². The van der Waals surface area contributed by atoms with Crippen molar-refractivity contribution in [1.29, 1.82) is 0 Å². The van der Waals surface area contributed by atoms with Crippen LogP contribution in [0.2, 0.25) is 5.28 Å². The maximum atomic E-state index is 12.9. The summed E-state index contributed by atoms with van der Waals surface area (Å²) in [5.41, 5.74) is 1.13. The zero-order chi connectivity index (χ0) is 16.6. The van der Waals surface area contributed by atoms with Gasteiger partial charge in [-0.3, -0.25) is 4.79 Å². The topological polar surface area (TPSA) is 49.3 Å². The highest BCUT2D eigenvalue weighted by molar-refractivity contribution is 6.28. The summed E-state index contributed by atoms with van der Waals surface area (Å²) >= 11 is 6.02. The van der Waals surface area contributed by atoms with Gasteiger partial charge >= 0.3 is 0 Å². The summed E-state index contributed by atoms with van der Waals surface area (Å²) in [6.45, 7) is 4.56. The molecule has 1 aromatic carbocycles. The number of halogens is 1. The van der Waals surface area contributed by atoms with Crippen LogP contribution in [0.25, 0.3) is 0 Å². The predicted octanol–water partition coefficient (Wildman–Crippen LogP) is 3.66. The van der Waals surface area contributed by atoms with Crippen molar-refractivity contribution >= 4 is 34.7 Å². The van der Waals surface area contributed by atoms with Crippen molar-refractivity contribution in [3.05, 3.63) is 41.8 Å². The van der Waals surface area contributed by atoms with Crippen LogP contribution in [0, 0.1) is 5.41 Å². The summed E-state index contributed by atoms with van der Waals surface area (Å²) in [6.07, 6.45) is 2.34. The molecular formula is C17H19ClN4O. The zero-order valence-corrected chi connectivity index (χ0v) is 14.2. The van der Waals surface area contributed by atoms with Gasteiger partial charge in [0.15, 0.2) is 5.82 Å². The second-order valence-electron chi connectivity index (χ2n) is 6.05. The average Bonchev–Trinajstić information content (AvgIpc) is 2.65. The number of anilines is 3. The molecule has 5 nitrogen and oxygen atoms in total. The minimum absolute atomic E-state index is 0.0607. The van der Waals surface area contributed by atoms with Crippen molar-refractivity contribution in [2.75, 3.05) is 23.4 Å². The fourth-order valence-corrected chi connectivity index (χ4v) is 3.00. The first-order valence-electron chi connectivity index (χ1n) is 7.59. The van der Waals surface area contributed by atoms with Crippen LogP contribution in [0.1, 0.15) is 20.3 Å². The van der Waals surface area contributed by atoms with Gasteiger partial charge in [0.2, 0.25) is 11.2 Å². The van der Waals surface area contributed by atoms with E-state index in [4.69, 9.17) is 11.6 Å². The van der Waals surface area contributed by atoms with Crippen LogP contribution in [0.3, 0.4) is 0 Å². The normalized spacial score (nSPS) is 21.1. The lowest BCUT2D eigenvalue weighted by molar-refractivity contribution is -0.126. The molecule has 0 spiro atoms. The molecule has 0 aliphatic carbocycles. The number of carbonyl (C=O) groups excluding carboxylic acids is 1. The third kappa shape index (κ3) is 2.65. The maximum Gasteiger partial charge on any atom is 0.234 e. The molecule has 0 N–H and O–H groups in total. The molecule has 2 aromatic rings. The van der Waals surface area contributed by atoms with E-state index in [1.54, 1.807) is 18.1 Å². The number of aromatic nitrogens is 2. The molecule has 2 heterocycles. The SMILES string of the molecule is CCC1(C)CN(c2ccccc2)c2nc(Cl)ncc2N(C)C1=O. The average molecular weight is 331 g/mol. The molecular weight excluding hydrogens is 312 g/mol. The highest BCUT2D eigenvalue weighted by Crippen LogP contribution is 2.41. The van der Waals surface area contributed by atoms with E-state index >= 15 is 0 Å². The Morgan fingerprint density at radius 3 is 2.65 bits per heavy atom. The van der Waals surface area contributed by atoms with Crippen LogP contribution in [0.5, 0.6) is 0 Å². The van der Waals surface area contributed by atoms with Gasteiger partial charge in [0.1, 0.15) is 5.69 Å². The highest BCUT2D eigenvalue weighted by atomic mass is 35.5. The molecule has 1 atom stereocenters. The van der Waals surface area contributed by atoms with Crippen molar-refractivity contribution < 1.29 is 4.79 Å². The summed E-state index contributed by atoms with van der Waals surface area (Å²) in [5.74, 6) is 0.717. The number of amides is 1. The molecule has 0 fully saturated rings. The second kappa shape index (κ2) is 5.81. The summed E-state index contributed by atoms with van der Waals surface area (Å²) in [7, 11) is 1.76. The number of hydrogen-bond donors (Lipinski definition) is 0. The van der Waals surface area contributed by atoms with Gasteiger partial charge in [0, 0.05) is 19.3 Å². The van der Waals surface area contributed by atoms with Gasteiger partial charge in [0.25, 0.3) is 0 Å². The Bertz CT molecular complexity index is 737. The Labute approximate surface area is 140 Å². The molecule has 1 aromatic heterocycles. The summed E-state index contributed by atoms with van der Waals surface area (Å²) < 4.78 is 0. The number of benzene rings is 1. The van der Waals surface area contributed by atoms with Crippen molar-refractivity contribution in [3.63, 3.8) is 0 Å². The summed E-state index contributed by atoms with van der Waals surface area (Å²) in [5, 5.41) is 0.172. The molecule has 6 heteroatoms. The van der Waals surface area contributed by atoms with Crippen LogP contribution < -0.4 is 9.80 Å². The molecule has 0 radical (unpaired) electrons. The van der Waals surface area contributed by atoms with Crippen LogP contribution in [0.15, 0.2) is 36.5 Å². The Hall–Kier alpha value is -2.14. The fraction of sp³-hybridized carbons (Fsp3) is 0.353. The highest BCUT2D eigenvalue weighted by Gasteiger charge is 2.41. The molecule has 3 rings (SSSR count). The van der Waals surface area contributed by atoms with E-state index in [0.29, 0.717) is 18.1 Å². The number of nitrogens with zero attached hydrogens (tertiary/aromatic N) is 4. The van der Waals surface area contributed by atoms with Crippen molar-refractivity contribution in [3.8, 4) is 0 Å². The third-order valence-electron chi connectivity index (χ3n) is 4.51. The second-order valence-corrected chi connectivity index (χ2v) is 6.39. The lowest BCUT2D eigenvalue weighted by Gasteiger charge is -2.32. The first kappa shape index (κ1) is 15.7. The Morgan fingerprint density at radius 1 is 1.30 bits per heavy atom. The fourth-order valence-electron chi connectivity index (χ4n) is 2.87. The first-order valence-corrected chi connectivity index (χ1v) is 7.97. The van der Waals surface area contributed by atoms with E-state index < -0.39 is 5.41 Å². The molecule has 0 bridgehead atoms. The van der Waals surface area contributed by atoms with Gasteiger partial charge in [-0.05, 0) is 37.1 Å².